The molecule has 0 saturated carbocycles. The van der Waals surface area contributed by atoms with E-state index in [0.29, 0.717) is 13.0 Å². The number of nitrogens with two attached hydrogens (primary N) is 1. The number of phosphoric ester groups is 1. The van der Waals surface area contributed by atoms with Crippen molar-refractivity contribution < 1.29 is 42.7 Å². The smallest absolute Gasteiger partial charge is 0.472 e. The van der Waals surface area contributed by atoms with Gasteiger partial charge in [0.2, 0.25) is 0 Å². The third-order valence-corrected chi connectivity index (χ3v) is 10.2. The average molecular weight is 836 g/mol. The molecule has 11 heteroatoms. The van der Waals surface area contributed by atoms with E-state index < -0.39 is 45.1 Å². The number of carboxylic acids is 1. The number of rotatable bonds is 42. The van der Waals surface area contributed by atoms with Crippen LogP contribution in [0.2, 0.25) is 0 Å². The Labute approximate surface area is 353 Å². The summed E-state index contributed by atoms with van der Waals surface area (Å²) in [6, 6.07) is -1.48. The highest BCUT2D eigenvalue weighted by Gasteiger charge is 2.27. The molecule has 0 aromatic rings. The van der Waals surface area contributed by atoms with Gasteiger partial charge in [-0.2, -0.15) is 0 Å². The zero-order valence-corrected chi connectivity index (χ0v) is 37.3. The van der Waals surface area contributed by atoms with Crippen molar-refractivity contribution in [1.82, 2.24) is 0 Å². The van der Waals surface area contributed by atoms with Crippen molar-refractivity contribution in [2.24, 2.45) is 5.73 Å². The standard InChI is InChI=1S/C47H82NO9P/c1-3-5-7-9-11-13-15-17-19-20-21-22-23-24-25-27-29-31-33-35-37-39-46(49)57-44(42-55-58(52,53)56-43-45(48)47(50)51)41-54-40-38-36-34-32-30-28-26-18-16-14-12-10-8-6-4-2/h5,7,11,13,16-19,21-22,24-25,44-45H,3-4,6,8-10,12,14-15,20,23,26-43,48H2,1-2H3,(H,50,51)(H,52,53)/b7-5-,13-11-,18-16-,19-17-,22-21-,25-24-. The number of carbonyl (C=O) groups excluding carboxylic acids is 1. The Bertz CT molecular complexity index is 1200. The minimum absolute atomic E-state index is 0.00111. The minimum atomic E-state index is -4.63. The number of allylic oxidation sites excluding steroid dienone is 12. The van der Waals surface area contributed by atoms with Crippen LogP contribution < -0.4 is 5.73 Å². The lowest BCUT2D eigenvalue weighted by atomic mass is 10.1. The fourth-order valence-corrected chi connectivity index (χ4v) is 6.52. The Hall–Kier alpha value is -2.59. The van der Waals surface area contributed by atoms with Gasteiger partial charge in [0, 0.05) is 13.0 Å². The van der Waals surface area contributed by atoms with Crippen LogP contribution in [0.25, 0.3) is 0 Å². The number of aliphatic carboxylic acids is 1. The van der Waals surface area contributed by atoms with E-state index in [0.717, 1.165) is 89.9 Å². The summed E-state index contributed by atoms with van der Waals surface area (Å²) in [5.74, 6) is -1.80. The summed E-state index contributed by atoms with van der Waals surface area (Å²) in [6.07, 6.45) is 52.3. The highest BCUT2D eigenvalue weighted by Crippen LogP contribution is 2.43. The lowest BCUT2D eigenvalue weighted by molar-refractivity contribution is -0.154. The van der Waals surface area contributed by atoms with Gasteiger partial charge in [-0.3, -0.25) is 18.6 Å². The predicted octanol–water partition coefficient (Wildman–Crippen LogP) is 12.6. The molecular formula is C47H82NO9P. The Morgan fingerprint density at radius 1 is 0.569 bits per heavy atom. The second-order valence-corrected chi connectivity index (χ2v) is 16.2. The van der Waals surface area contributed by atoms with Gasteiger partial charge in [-0.1, -0.05) is 157 Å². The van der Waals surface area contributed by atoms with E-state index in [2.05, 4.69) is 86.8 Å². The molecule has 4 N–H and O–H groups in total. The molecule has 3 atom stereocenters. The summed E-state index contributed by atoms with van der Waals surface area (Å²) >= 11 is 0. The van der Waals surface area contributed by atoms with Crippen LogP contribution in [0.5, 0.6) is 0 Å². The fraction of sp³-hybridized carbons (Fsp3) is 0.702. The number of hydrogen-bond acceptors (Lipinski definition) is 8. The van der Waals surface area contributed by atoms with Gasteiger partial charge < -0.3 is 25.2 Å². The van der Waals surface area contributed by atoms with E-state index in [-0.39, 0.29) is 13.0 Å². The minimum Gasteiger partial charge on any atom is -0.480 e. The molecule has 3 unspecified atom stereocenters. The maximum atomic E-state index is 12.6. The molecule has 0 fully saturated rings. The Kier molecular flexibility index (Phi) is 40.6. The summed E-state index contributed by atoms with van der Waals surface area (Å²) in [5, 5.41) is 8.90. The van der Waals surface area contributed by atoms with Crippen molar-refractivity contribution in [3.8, 4) is 0 Å². The van der Waals surface area contributed by atoms with Crippen LogP contribution in [0, 0.1) is 0 Å². The first-order valence-corrected chi connectivity index (χ1v) is 24.0. The monoisotopic (exact) mass is 836 g/mol. The third-order valence-electron chi connectivity index (χ3n) is 9.22. The number of unbranched alkanes of at least 4 members (excludes halogenated alkanes) is 16. The summed E-state index contributed by atoms with van der Waals surface area (Å²) in [4.78, 5) is 33.6. The summed E-state index contributed by atoms with van der Waals surface area (Å²) in [6.45, 7) is 3.71. The quantitative estimate of drug-likeness (QED) is 0.0234. The topological polar surface area (TPSA) is 155 Å². The van der Waals surface area contributed by atoms with E-state index in [4.69, 9.17) is 29.4 Å². The molecule has 334 valence electrons. The molecule has 0 bridgehead atoms. The molecule has 58 heavy (non-hydrogen) atoms. The van der Waals surface area contributed by atoms with Crippen molar-refractivity contribution in [3.05, 3.63) is 72.9 Å². The normalized spacial score (nSPS) is 14.6. The van der Waals surface area contributed by atoms with E-state index in [9.17, 15) is 19.0 Å². The molecule has 10 nitrogen and oxygen atoms in total. The molecule has 0 rings (SSSR count). The van der Waals surface area contributed by atoms with Crippen molar-refractivity contribution in [3.63, 3.8) is 0 Å². The van der Waals surface area contributed by atoms with Gasteiger partial charge in [-0.25, -0.2) is 4.57 Å². The number of esters is 1. The van der Waals surface area contributed by atoms with Gasteiger partial charge in [0.05, 0.1) is 19.8 Å². The SMILES string of the molecule is CC/C=C\C/C=C\C/C=C\C/C=C\C/C=C\CCCCCCCC(=O)OC(COCCCCCCCC/C=C\CCCCCCC)COP(=O)(O)OCC(N)C(=O)O. The van der Waals surface area contributed by atoms with Gasteiger partial charge in [-0.05, 0) is 83.5 Å². The number of ether oxygens (including phenoxy) is 2. The van der Waals surface area contributed by atoms with Crippen LogP contribution >= 0.6 is 7.82 Å². The van der Waals surface area contributed by atoms with Gasteiger partial charge in [0.15, 0.2) is 0 Å². The van der Waals surface area contributed by atoms with Crippen LogP contribution in [0.1, 0.15) is 174 Å². The van der Waals surface area contributed by atoms with Crippen molar-refractivity contribution in [1.29, 1.82) is 0 Å². The summed E-state index contributed by atoms with van der Waals surface area (Å²) in [7, 11) is -4.63. The second kappa shape index (κ2) is 42.5. The summed E-state index contributed by atoms with van der Waals surface area (Å²) in [5.41, 5.74) is 5.36. The average Bonchev–Trinajstić information content (AvgIpc) is 3.20. The Morgan fingerprint density at radius 2 is 1.00 bits per heavy atom. The van der Waals surface area contributed by atoms with Crippen LogP contribution in [0.3, 0.4) is 0 Å². The van der Waals surface area contributed by atoms with Crippen molar-refractivity contribution >= 4 is 19.8 Å². The lowest BCUT2D eigenvalue weighted by Crippen LogP contribution is -2.34. The summed E-state index contributed by atoms with van der Waals surface area (Å²) < 4.78 is 33.4. The van der Waals surface area contributed by atoms with E-state index in [1.54, 1.807) is 0 Å². The predicted molar refractivity (Wildman–Crippen MR) is 240 cm³/mol. The molecule has 0 aromatic heterocycles. The van der Waals surface area contributed by atoms with E-state index in [1.165, 1.54) is 57.8 Å². The second-order valence-electron chi connectivity index (χ2n) is 14.8. The molecule has 0 aliphatic carbocycles. The molecule has 0 aromatic carbocycles. The first kappa shape index (κ1) is 55.4. The van der Waals surface area contributed by atoms with Crippen LogP contribution in [0.15, 0.2) is 72.9 Å². The number of hydrogen-bond donors (Lipinski definition) is 3. The lowest BCUT2D eigenvalue weighted by Gasteiger charge is -2.20. The molecule has 0 aliphatic heterocycles. The molecule has 0 aliphatic rings. The molecule has 0 radical (unpaired) electrons. The van der Waals surface area contributed by atoms with Crippen LogP contribution in [-0.2, 0) is 32.7 Å². The van der Waals surface area contributed by atoms with Gasteiger partial charge in [0.1, 0.15) is 12.1 Å². The van der Waals surface area contributed by atoms with Gasteiger partial charge >= 0.3 is 19.8 Å². The molecular weight excluding hydrogens is 753 g/mol. The van der Waals surface area contributed by atoms with Crippen molar-refractivity contribution in [2.75, 3.05) is 26.4 Å². The molecule has 0 amide bonds. The molecule has 0 heterocycles. The van der Waals surface area contributed by atoms with Crippen LogP contribution in [-0.4, -0.2) is 60.5 Å². The zero-order valence-electron chi connectivity index (χ0n) is 36.4. The number of phosphoric acid groups is 1. The maximum Gasteiger partial charge on any atom is 0.472 e. The number of carbonyl (C=O) groups is 2. The van der Waals surface area contributed by atoms with Crippen LogP contribution in [0.4, 0.5) is 0 Å². The first-order chi connectivity index (χ1) is 28.2. The third kappa shape index (κ3) is 41.6. The Morgan fingerprint density at radius 3 is 1.52 bits per heavy atom. The van der Waals surface area contributed by atoms with E-state index >= 15 is 0 Å². The molecule has 0 spiro atoms. The van der Waals surface area contributed by atoms with Gasteiger partial charge in [0.25, 0.3) is 0 Å². The Balaban J connectivity index is 4.29. The number of carboxylic acid groups (broad SMARTS) is 1. The maximum absolute atomic E-state index is 12.6. The zero-order chi connectivity index (χ0) is 42.6. The highest BCUT2D eigenvalue weighted by molar-refractivity contribution is 7.47. The van der Waals surface area contributed by atoms with Gasteiger partial charge in [-0.15, -0.1) is 0 Å². The molecule has 0 saturated heterocycles. The highest BCUT2D eigenvalue weighted by atomic mass is 31.2. The fourth-order valence-electron chi connectivity index (χ4n) is 5.74. The van der Waals surface area contributed by atoms with E-state index in [1.807, 2.05) is 0 Å². The van der Waals surface area contributed by atoms with Crippen molar-refractivity contribution in [2.45, 2.75) is 187 Å². The first-order valence-electron chi connectivity index (χ1n) is 22.5. The largest absolute Gasteiger partial charge is 0.480 e.